The van der Waals surface area contributed by atoms with E-state index in [-0.39, 0.29) is 17.7 Å². The summed E-state index contributed by atoms with van der Waals surface area (Å²) >= 11 is 1.63. The quantitative estimate of drug-likeness (QED) is 0.889. The van der Waals surface area contributed by atoms with Crippen molar-refractivity contribution in [2.75, 3.05) is 18.4 Å². The molecule has 3 rings (SSSR count). The monoisotopic (exact) mass is 345 g/mol. The van der Waals surface area contributed by atoms with Crippen molar-refractivity contribution >= 4 is 23.1 Å². The van der Waals surface area contributed by atoms with Crippen molar-refractivity contribution in [1.29, 1.82) is 0 Å². The Morgan fingerprint density at radius 1 is 1.38 bits per heavy atom. The molecule has 1 unspecified atom stereocenters. The van der Waals surface area contributed by atoms with Gasteiger partial charge in [-0.25, -0.2) is 9.78 Å². The summed E-state index contributed by atoms with van der Waals surface area (Å²) in [6, 6.07) is 7.70. The van der Waals surface area contributed by atoms with Gasteiger partial charge < -0.3 is 15.0 Å². The number of urea groups is 1. The number of nitrogens with zero attached hydrogens (tertiary/aromatic N) is 2. The number of aryl methyl sites for hydroxylation is 1. The maximum Gasteiger partial charge on any atom is 0.322 e. The van der Waals surface area contributed by atoms with Crippen LogP contribution in [-0.4, -0.2) is 40.7 Å². The number of anilines is 1. The van der Waals surface area contributed by atoms with Crippen molar-refractivity contribution in [2.45, 2.75) is 39.4 Å². The zero-order valence-corrected chi connectivity index (χ0v) is 15.3. The van der Waals surface area contributed by atoms with Crippen LogP contribution in [-0.2, 0) is 4.74 Å². The van der Waals surface area contributed by atoms with E-state index in [0.717, 1.165) is 22.0 Å². The van der Waals surface area contributed by atoms with Gasteiger partial charge >= 0.3 is 6.03 Å². The summed E-state index contributed by atoms with van der Waals surface area (Å²) < 4.78 is 5.84. The van der Waals surface area contributed by atoms with Gasteiger partial charge in [-0.3, -0.25) is 0 Å². The van der Waals surface area contributed by atoms with Crippen LogP contribution in [0, 0.1) is 6.92 Å². The summed E-state index contributed by atoms with van der Waals surface area (Å²) in [5, 5.41) is 6.06. The molecule has 1 aromatic carbocycles. The minimum Gasteiger partial charge on any atom is -0.369 e. The van der Waals surface area contributed by atoms with Crippen LogP contribution in [0.25, 0.3) is 11.3 Å². The number of carbonyl (C=O) groups is 1. The number of aromatic nitrogens is 1. The number of amides is 2. The van der Waals surface area contributed by atoms with Gasteiger partial charge in [0, 0.05) is 23.2 Å². The van der Waals surface area contributed by atoms with E-state index < -0.39 is 0 Å². The Kier molecular flexibility index (Phi) is 4.60. The number of hydrogen-bond acceptors (Lipinski definition) is 4. The molecule has 1 saturated heterocycles. The number of thiazole rings is 1. The molecule has 1 N–H and O–H groups in total. The van der Waals surface area contributed by atoms with Crippen LogP contribution in [0.4, 0.5) is 10.5 Å². The van der Waals surface area contributed by atoms with Crippen LogP contribution in [0.2, 0.25) is 0 Å². The first kappa shape index (κ1) is 16.9. The topological polar surface area (TPSA) is 54.5 Å². The average Bonchev–Trinajstić information content (AvgIpc) is 2.92. The second kappa shape index (κ2) is 6.53. The molecule has 0 bridgehead atoms. The van der Waals surface area contributed by atoms with Crippen molar-refractivity contribution < 1.29 is 9.53 Å². The Bertz CT molecular complexity index is 724. The molecular weight excluding hydrogens is 322 g/mol. The highest BCUT2D eigenvalue weighted by atomic mass is 32.1. The minimum absolute atomic E-state index is 0.0368. The van der Waals surface area contributed by atoms with E-state index in [1.165, 1.54) is 0 Å². The van der Waals surface area contributed by atoms with E-state index in [1.54, 1.807) is 11.3 Å². The van der Waals surface area contributed by atoms with Crippen LogP contribution < -0.4 is 5.32 Å². The Labute approximate surface area is 146 Å². The van der Waals surface area contributed by atoms with Gasteiger partial charge in [-0.2, -0.15) is 0 Å². The summed E-state index contributed by atoms with van der Waals surface area (Å²) in [6.07, 6.45) is 0.0368. The molecule has 128 valence electrons. The van der Waals surface area contributed by atoms with Gasteiger partial charge in [0.2, 0.25) is 0 Å². The highest BCUT2D eigenvalue weighted by Gasteiger charge is 2.33. The molecule has 24 heavy (non-hydrogen) atoms. The van der Waals surface area contributed by atoms with Crippen molar-refractivity contribution in [3.05, 3.63) is 34.7 Å². The van der Waals surface area contributed by atoms with Crippen molar-refractivity contribution in [3.8, 4) is 11.3 Å². The fourth-order valence-corrected chi connectivity index (χ4v) is 3.65. The number of hydrogen-bond donors (Lipinski definition) is 1. The van der Waals surface area contributed by atoms with Crippen LogP contribution in [0.15, 0.2) is 29.6 Å². The lowest BCUT2D eigenvalue weighted by Crippen LogP contribution is -2.54. The zero-order chi connectivity index (χ0) is 17.3. The van der Waals surface area contributed by atoms with Crippen molar-refractivity contribution in [3.63, 3.8) is 0 Å². The molecule has 0 spiro atoms. The smallest absolute Gasteiger partial charge is 0.322 e. The predicted molar refractivity (Wildman–Crippen MR) is 97.5 cm³/mol. The largest absolute Gasteiger partial charge is 0.369 e. The second-order valence-electron chi connectivity index (χ2n) is 6.83. The fraction of sp³-hybridized carbons (Fsp3) is 0.444. The maximum atomic E-state index is 12.5. The third-order valence-corrected chi connectivity index (χ3v) is 4.68. The lowest BCUT2D eigenvalue weighted by atomic mass is 10.1. The van der Waals surface area contributed by atoms with Crippen molar-refractivity contribution in [2.24, 2.45) is 0 Å². The first-order chi connectivity index (χ1) is 11.3. The van der Waals surface area contributed by atoms with E-state index in [0.29, 0.717) is 13.1 Å². The summed E-state index contributed by atoms with van der Waals surface area (Å²) in [6.45, 7) is 9.19. The summed E-state index contributed by atoms with van der Waals surface area (Å²) in [7, 11) is 0. The van der Waals surface area contributed by atoms with Crippen LogP contribution in [0.3, 0.4) is 0 Å². The van der Waals surface area contributed by atoms with Gasteiger partial charge in [0.05, 0.1) is 29.0 Å². The average molecular weight is 345 g/mol. The molecule has 2 heterocycles. The Morgan fingerprint density at radius 2 is 2.08 bits per heavy atom. The number of rotatable bonds is 2. The van der Waals surface area contributed by atoms with Crippen LogP contribution >= 0.6 is 11.3 Å². The molecular formula is C18H23N3O2S. The van der Waals surface area contributed by atoms with Gasteiger partial charge in [-0.05, 0) is 39.8 Å². The first-order valence-electron chi connectivity index (χ1n) is 8.09. The van der Waals surface area contributed by atoms with Crippen LogP contribution in [0.1, 0.15) is 25.8 Å². The summed E-state index contributed by atoms with van der Waals surface area (Å²) in [4.78, 5) is 18.8. The molecule has 1 fully saturated rings. The number of nitrogens with one attached hydrogen (secondary N) is 1. The molecule has 1 aliphatic rings. The Balaban J connectivity index is 1.66. The molecule has 0 radical (unpaired) electrons. The van der Waals surface area contributed by atoms with Crippen LogP contribution in [0.5, 0.6) is 0 Å². The van der Waals surface area contributed by atoms with Gasteiger partial charge in [0.15, 0.2) is 0 Å². The normalized spacial score (nSPS) is 20.0. The number of benzene rings is 1. The van der Waals surface area contributed by atoms with Gasteiger partial charge in [-0.15, -0.1) is 11.3 Å². The summed E-state index contributed by atoms with van der Waals surface area (Å²) in [5.41, 5.74) is 2.49. The molecule has 1 aliphatic heterocycles. The molecule has 0 saturated carbocycles. The molecule has 1 aromatic heterocycles. The molecule has 5 nitrogen and oxygen atoms in total. The maximum absolute atomic E-state index is 12.5. The third kappa shape index (κ3) is 3.94. The third-order valence-electron chi connectivity index (χ3n) is 3.91. The highest BCUT2D eigenvalue weighted by molar-refractivity contribution is 7.09. The second-order valence-corrected chi connectivity index (χ2v) is 7.89. The number of carbonyl (C=O) groups excluding carboxylic acids is 1. The first-order valence-corrected chi connectivity index (χ1v) is 8.97. The molecule has 0 aliphatic carbocycles. The fourth-order valence-electron chi connectivity index (χ4n) is 3.03. The van der Waals surface area contributed by atoms with E-state index >= 15 is 0 Å². The minimum atomic E-state index is -0.318. The Morgan fingerprint density at radius 3 is 2.67 bits per heavy atom. The zero-order valence-electron chi connectivity index (χ0n) is 14.5. The van der Waals surface area contributed by atoms with Gasteiger partial charge in [0.1, 0.15) is 0 Å². The SMILES string of the molecule is Cc1nc(-c2ccc(NC(=O)N3CC(C)OC(C)(C)C3)cc2)cs1. The highest BCUT2D eigenvalue weighted by Crippen LogP contribution is 2.24. The van der Waals surface area contributed by atoms with Gasteiger partial charge in [-0.1, -0.05) is 12.1 Å². The number of ether oxygens (including phenoxy) is 1. The summed E-state index contributed by atoms with van der Waals surface area (Å²) in [5.74, 6) is 0. The van der Waals surface area contributed by atoms with E-state index in [2.05, 4.69) is 10.3 Å². The lowest BCUT2D eigenvalue weighted by molar-refractivity contribution is -0.116. The number of morpholine rings is 1. The van der Waals surface area contributed by atoms with E-state index in [9.17, 15) is 4.79 Å². The lowest BCUT2D eigenvalue weighted by Gasteiger charge is -2.41. The van der Waals surface area contributed by atoms with E-state index in [1.807, 2.05) is 62.2 Å². The Hall–Kier alpha value is -1.92. The van der Waals surface area contributed by atoms with Crippen molar-refractivity contribution in [1.82, 2.24) is 9.88 Å². The molecule has 2 aromatic rings. The molecule has 6 heteroatoms. The molecule has 2 amide bonds. The standard InChI is InChI=1S/C18H23N3O2S/c1-12-9-21(11-18(3,4)23-12)17(22)20-15-7-5-14(6-8-15)16-10-24-13(2)19-16/h5-8,10,12H,9,11H2,1-4H3,(H,20,22). The molecule has 1 atom stereocenters. The van der Waals surface area contributed by atoms with E-state index in [4.69, 9.17) is 4.74 Å². The predicted octanol–water partition coefficient (Wildman–Crippen LogP) is 4.15. The van der Waals surface area contributed by atoms with Gasteiger partial charge in [0.25, 0.3) is 0 Å².